The zero-order valence-electron chi connectivity index (χ0n) is 10.6. The van der Waals surface area contributed by atoms with E-state index >= 15 is 0 Å². The molecule has 0 atom stereocenters. The number of ether oxygens (including phenoxy) is 1. The predicted molar refractivity (Wildman–Crippen MR) is 70.3 cm³/mol. The first-order chi connectivity index (χ1) is 9.67. The van der Waals surface area contributed by atoms with Crippen LogP contribution in [-0.2, 0) is 17.8 Å². The van der Waals surface area contributed by atoms with Crippen LogP contribution in [-0.4, -0.2) is 21.7 Å². The lowest BCUT2D eigenvalue weighted by molar-refractivity contribution is 0.109. The molecule has 0 saturated heterocycles. The third-order valence-electron chi connectivity index (χ3n) is 3.10. The van der Waals surface area contributed by atoms with Crippen LogP contribution >= 0.6 is 0 Å². The van der Waals surface area contributed by atoms with Crippen LogP contribution in [0.15, 0.2) is 18.2 Å². The highest BCUT2D eigenvalue weighted by molar-refractivity contribution is 5.61. The second-order valence-corrected chi connectivity index (χ2v) is 4.47. The normalized spacial score (nSPS) is 13.9. The Morgan fingerprint density at radius 1 is 1.30 bits per heavy atom. The number of halogens is 1. The molecule has 0 radical (unpaired) electrons. The summed E-state index contributed by atoms with van der Waals surface area (Å²) >= 11 is 0. The third-order valence-corrected chi connectivity index (χ3v) is 3.10. The van der Waals surface area contributed by atoms with Crippen molar-refractivity contribution in [3.05, 3.63) is 35.3 Å². The number of phenols is 1. The Hall–Kier alpha value is -2.25. The summed E-state index contributed by atoms with van der Waals surface area (Å²) in [7, 11) is 0. The molecule has 3 rings (SSSR count). The van der Waals surface area contributed by atoms with Gasteiger partial charge in [-0.3, -0.25) is 0 Å². The molecule has 0 unspecified atom stereocenters. The molecule has 0 saturated carbocycles. The van der Waals surface area contributed by atoms with E-state index in [4.69, 9.17) is 10.6 Å². The maximum absolute atomic E-state index is 13.4. The van der Waals surface area contributed by atoms with Crippen molar-refractivity contribution in [2.45, 2.75) is 13.0 Å². The molecule has 20 heavy (non-hydrogen) atoms. The standard InChI is InChI=1S/C13H13FN4O2/c14-8-3-7(4-9(19)5-8)12-16-11-1-2-20-6-10(11)13(17-12)18-15/h3-5,19H,1-2,6,15H2,(H,16,17,18). The molecule has 1 aliphatic rings. The molecule has 0 bridgehead atoms. The molecule has 2 aromatic rings. The first-order valence-corrected chi connectivity index (χ1v) is 6.11. The number of anilines is 1. The number of rotatable bonds is 2. The molecule has 1 aliphatic heterocycles. The maximum atomic E-state index is 13.4. The molecule has 0 aliphatic carbocycles. The van der Waals surface area contributed by atoms with Crippen molar-refractivity contribution in [3.8, 4) is 17.1 Å². The van der Waals surface area contributed by atoms with Gasteiger partial charge in [0.05, 0.1) is 18.9 Å². The lowest BCUT2D eigenvalue weighted by atomic mass is 10.1. The van der Waals surface area contributed by atoms with Crippen LogP contribution in [0.2, 0.25) is 0 Å². The van der Waals surface area contributed by atoms with Crippen LogP contribution < -0.4 is 11.3 Å². The molecule has 0 amide bonds. The summed E-state index contributed by atoms with van der Waals surface area (Å²) in [6, 6.07) is 3.70. The van der Waals surface area contributed by atoms with Gasteiger partial charge in [0.2, 0.25) is 0 Å². The lowest BCUT2D eigenvalue weighted by Crippen LogP contribution is -2.19. The SMILES string of the molecule is NNc1nc(-c2cc(O)cc(F)c2)nc2c1COCC2. The highest BCUT2D eigenvalue weighted by atomic mass is 19.1. The van der Waals surface area contributed by atoms with E-state index in [1.165, 1.54) is 12.1 Å². The Balaban J connectivity index is 2.14. The first-order valence-electron chi connectivity index (χ1n) is 6.11. The fraction of sp³-hybridized carbons (Fsp3) is 0.231. The molecular formula is C13H13FN4O2. The van der Waals surface area contributed by atoms with Gasteiger partial charge in [-0.15, -0.1) is 0 Å². The quantitative estimate of drug-likeness (QED) is 0.566. The van der Waals surface area contributed by atoms with Gasteiger partial charge in [-0.2, -0.15) is 0 Å². The Morgan fingerprint density at radius 2 is 2.15 bits per heavy atom. The van der Waals surface area contributed by atoms with Crippen LogP contribution in [0.4, 0.5) is 10.2 Å². The number of fused-ring (bicyclic) bond motifs is 1. The maximum Gasteiger partial charge on any atom is 0.162 e. The van der Waals surface area contributed by atoms with Gasteiger partial charge in [0.25, 0.3) is 0 Å². The van der Waals surface area contributed by atoms with E-state index in [9.17, 15) is 9.50 Å². The Morgan fingerprint density at radius 3 is 2.90 bits per heavy atom. The molecular weight excluding hydrogens is 263 g/mol. The van der Waals surface area contributed by atoms with Gasteiger partial charge in [-0.25, -0.2) is 20.2 Å². The Labute approximate surface area is 114 Å². The number of phenolic OH excluding ortho intramolecular Hbond substituents is 1. The number of hydrogen-bond donors (Lipinski definition) is 3. The summed E-state index contributed by atoms with van der Waals surface area (Å²) in [5.41, 5.74) is 4.53. The van der Waals surface area contributed by atoms with Gasteiger partial charge in [0.1, 0.15) is 17.4 Å². The second kappa shape index (κ2) is 5.03. The molecule has 6 nitrogen and oxygen atoms in total. The topological polar surface area (TPSA) is 93.3 Å². The monoisotopic (exact) mass is 276 g/mol. The van der Waals surface area contributed by atoms with Gasteiger partial charge in [0, 0.05) is 23.6 Å². The number of nitrogens with zero attached hydrogens (tertiary/aromatic N) is 2. The van der Waals surface area contributed by atoms with E-state index in [0.29, 0.717) is 36.8 Å². The van der Waals surface area contributed by atoms with E-state index in [1.54, 1.807) is 0 Å². The Bertz CT molecular complexity index is 626. The number of hydrogen-bond acceptors (Lipinski definition) is 6. The molecule has 1 aromatic heterocycles. The highest BCUT2D eigenvalue weighted by Gasteiger charge is 2.18. The van der Waals surface area contributed by atoms with Crippen molar-refractivity contribution in [2.75, 3.05) is 12.0 Å². The van der Waals surface area contributed by atoms with Gasteiger partial charge in [0.15, 0.2) is 5.82 Å². The number of aromatic nitrogens is 2. The van der Waals surface area contributed by atoms with Crippen molar-refractivity contribution < 1.29 is 14.2 Å². The molecule has 104 valence electrons. The number of aromatic hydroxyl groups is 1. The smallest absolute Gasteiger partial charge is 0.162 e. The number of hydrazine groups is 1. The van der Waals surface area contributed by atoms with Crippen molar-refractivity contribution in [1.29, 1.82) is 0 Å². The minimum absolute atomic E-state index is 0.174. The molecule has 4 N–H and O–H groups in total. The zero-order valence-corrected chi connectivity index (χ0v) is 10.6. The van der Waals surface area contributed by atoms with Gasteiger partial charge >= 0.3 is 0 Å². The molecule has 0 spiro atoms. The fourth-order valence-corrected chi connectivity index (χ4v) is 2.18. The van der Waals surface area contributed by atoms with Gasteiger partial charge in [-0.05, 0) is 12.1 Å². The number of benzene rings is 1. The summed E-state index contributed by atoms with van der Waals surface area (Å²) in [4.78, 5) is 8.66. The third kappa shape index (κ3) is 2.28. The van der Waals surface area contributed by atoms with Crippen LogP contribution in [0.1, 0.15) is 11.3 Å². The highest BCUT2D eigenvalue weighted by Crippen LogP contribution is 2.27. The average Bonchev–Trinajstić information content (AvgIpc) is 2.45. The zero-order chi connectivity index (χ0) is 14.1. The number of nitrogen functional groups attached to an aromatic ring is 1. The van der Waals surface area contributed by atoms with E-state index in [2.05, 4.69) is 15.4 Å². The molecule has 0 fully saturated rings. The summed E-state index contributed by atoms with van der Waals surface area (Å²) in [6.07, 6.45) is 0.640. The predicted octanol–water partition coefficient (Wildman–Crippen LogP) is 1.35. The van der Waals surface area contributed by atoms with Gasteiger partial charge < -0.3 is 15.3 Å². The van der Waals surface area contributed by atoms with Crippen molar-refractivity contribution >= 4 is 5.82 Å². The van der Waals surface area contributed by atoms with E-state index in [0.717, 1.165) is 17.3 Å². The Kier molecular flexibility index (Phi) is 3.21. The average molecular weight is 276 g/mol. The fourth-order valence-electron chi connectivity index (χ4n) is 2.18. The summed E-state index contributed by atoms with van der Waals surface area (Å²) in [5.74, 6) is 5.50. The van der Waals surface area contributed by atoms with Crippen molar-refractivity contribution in [3.63, 3.8) is 0 Å². The number of nitrogens with one attached hydrogen (secondary N) is 1. The largest absolute Gasteiger partial charge is 0.508 e. The lowest BCUT2D eigenvalue weighted by Gasteiger charge is -2.19. The van der Waals surface area contributed by atoms with Gasteiger partial charge in [-0.1, -0.05) is 0 Å². The summed E-state index contributed by atoms with van der Waals surface area (Å²) < 4.78 is 18.7. The second-order valence-electron chi connectivity index (χ2n) is 4.47. The minimum atomic E-state index is -0.549. The van der Waals surface area contributed by atoms with Crippen LogP contribution in [0.5, 0.6) is 5.75 Å². The molecule has 1 aromatic carbocycles. The van der Waals surface area contributed by atoms with Crippen molar-refractivity contribution in [2.24, 2.45) is 5.84 Å². The van der Waals surface area contributed by atoms with E-state index in [1.807, 2.05) is 0 Å². The van der Waals surface area contributed by atoms with Crippen LogP contribution in [0.3, 0.4) is 0 Å². The van der Waals surface area contributed by atoms with E-state index < -0.39 is 5.82 Å². The summed E-state index contributed by atoms with van der Waals surface area (Å²) in [6.45, 7) is 0.964. The summed E-state index contributed by atoms with van der Waals surface area (Å²) in [5, 5.41) is 9.46. The molecule has 2 heterocycles. The first kappa shape index (κ1) is 12.8. The molecule has 7 heteroatoms. The van der Waals surface area contributed by atoms with Crippen LogP contribution in [0, 0.1) is 5.82 Å². The van der Waals surface area contributed by atoms with Crippen molar-refractivity contribution in [1.82, 2.24) is 9.97 Å². The number of nitrogens with two attached hydrogens (primary N) is 1. The minimum Gasteiger partial charge on any atom is -0.508 e. The van der Waals surface area contributed by atoms with Crippen LogP contribution in [0.25, 0.3) is 11.4 Å². The van der Waals surface area contributed by atoms with E-state index in [-0.39, 0.29) is 5.75 Å².